The number of rotatable bonds is 1. The minimum Gasteiger partial charge on any atom is -0.391 e. The number of hydrogen-bond donors (Lipinski definition) is 2. The van der Waals surface area contributed by atoms with E-state index >= 15 is 0 Å². The lowest BCUT2D eigenvalue weighted by Gasteiger charge is -2.35. The number of nitrogens with zero attached hydrogens (tertiary/aromatic N) is 1. The highest BCUT2D eigenvalue weighted by Crippen LogP contribution is 2.25. The Balaban J connectivity index is 1.81. The van der Waals surface area contributed by atoms with Crippen LogP contribution in [-0.4, -0.2) is 41.7 Å². The molecule has 1 fully saturated rings. The first-order valence-electron chi connectivity index (χ1n) is 7.04. The van der Waals surface area contributed by atoms with Gasteiger partial charge in [0.15, 0.2) is 0 Å². The van der Waals surface area contributed by atoms with Gasteiger partial charge < -0.3 is 15.3 Å². The van der Waals surface area contributed by atoms with Gasteiger partial charge in [-0.15, -0.1) is 0 Å². The molecule has 0 spiro atoms. The van der Waals surface area contributed by atoms with Gasteiger partial charge >= 0.3 is 0 Å². The largest absolute Gasteiger partial charge is 0.391 e. The van der Waals surface area contributed by atoms with Crippen LogP contribution < -0.4 is 5.32 Å². The van der Waals surface area contributed by atoms with E-state index in [1.807, 2.05) is 18.2 Å². The van der Waals surface area contributed by atoms with E-state index in [1.165, 1.54) is 5.56 Å². The van der Waals surface area contributed by atoms with E-state index in [1.54, 1.807) is 4.90 Å². The monoisotopic (exact) mass is 260 g/mol. The number of aliphatic hydroxyl groups is 1. The number of β-amino-alcohol motifs (C(OH)–C–C–N with tert-alkyl or cyclic N) is 1. The predicted octanol–water partition coefficient (Wildman–Crippen LogP) is 0.857. The highest BCUT2D eigenvalue weighted by Gasteiger charge is 2.31. The van der Waals surface area contributed by atoms with E-state index in [0.29, 0.717) is 6.54 Å². The molecule has 0 saturated carbocycles. The van der Waals surface area contributed by atoms with Gasteiger partial charge in [-0.25, -0.2) is 0 Å². The zero-order chi connectivity index (χ0) is 13.2. The van der Waals surface area contributed by atoms with Crippen LogP contribution in [0.3, 0.4) is 0 Å². The third-order valence-corrected chi connectivity index (χ3v) is 4.06. The van der Waals surface area contributed by atoms with Crippen LogP contribution in [0.25, 0.3) is 0 Å². The van der Waals surface area contributed by atoms with E-state index in [0.717, 1.165) is 37.9 Å². The Morgan fingerprint density at radius 2 is 2.21 bits per heavy atom. The normalized spacial score (nSPS) is 26.9. The summed E-state index contributed by atoms with van der Waals surface area (Å²) in [5.41, 5.74) is 2.36. The number of aliphatic hydroxyl groups excluding tert-OH is 1. The Bertz CT molecular complexity index is 475. The van der Waals surface area contributed by atoms with Crippen molar-refractivity contribution in [3.8, 4) is 0 Å². The highest BCUT2D eigenvalue weighted by molar-refractivity contribution is 5.84. The summed E-state index contributed by atoms with van der Waals surface area (Å²) >= 11 is 0. The number of fused-ring (bicyclic) bond motifs is 1. The summed E-state index contributed by atoms with van der Waals surface area (Å²) in [6, 6.07) is 7.90. The summed E-state index contributed by atoms with van der Waals surface area (Å²) in [7, 11) is 0. The van der Waals surface area contributed by atoms with E-state index in [2.05, 4.69) is 11.4 Å². The minimum atomic E-state index is -0.364. The quantitative estimate of drug-likeness (QED) is 0.787. The molecule has 2 aliphatic rings. The number of piperidine rings is 1. The van der Waals surface area contributed by atoms with Crippen molar-refractivity contribution in [2.45, 2.75) is 31.4 Å². The summed E-state index contributed by atoms with van der Waals surface area (Å²) in [6.45, 7) is 2.07. The standard InChI is InChI=1S/C15H20N2O2/c18-12-5-3-9-17(10-12)15(19)14-13-6-2-1-4-11(13)7-8-16-14/h1-2,4,6,12,14,16,18H,3,5,7-10H2. The molecular weight excluding hydrogens is 240 g/mol. The van der Waals surface area contributed by atoms with Crippen LogP contribution in [0, 0.1) is 0 Å². The molecule has 2 aliphatic heterocycles. The van der Waals surface area contributed by atoms with Crippen LogP contribution >= 0.6 is 0 Å². The van der Waals surface area contributed by atoms with Crippen molar-refractivity contribution in [3.63, 3.8) is 0 Å². The molecule has 2 atom stereocenters. The molecule has 1 amide bonds. The summed E-state index contributed by atoms with van der Waals surface area (Å²) < 4.78 is 0. The van der Waals surface area contributed by atoms with Crippen molar-refractivity contribution in [1.82, 2.24) is 10.2 Å². The van der Waals surface area contributed by atoms with Gasteiger partial charge in [-0.2, -0.15) is 0 Å². The number of amides is 1. The molecule has 0 aliphatic carbocycles. The average Bonchev–Trinajstić information content (AvgIpc) is 2.46. The molecule has 0 aromatic heterocycles. The van der Waals surface area contributed by atoms with Crippen molar-refractivity contribution in [3.05, 3.63) is 35.4 Å². The molecule has 1 aromatic carbocycles. The molecule has 2 heterocycles. The highest BCUT2D eigenvalue weighted by atomic mass is 16.3. The Morgan fingerprint density at radius 1 is 1.37 bits per heavy atom. The van der Waals surface area contributed by atoms with Crippen molar-refractivity contribution < 1.29 is 9.90 Å². The van der Waals surface area contributed by atoms with Crippen LogP contribution in [-0.2, 0) is 11.2 Å². The van der Waals surface area contributed by atoms with Gasteiger partial charge in [0.25, 0.3) is 0 Å². The van der Waals surface area contributed by atoms with Gasteiger partial charge in [-0.1, -0.05) is 24.3 Å². The zero-order valence-electron chi connectivity index (χ0n) is 11.0. The maximum absolute atomic E-state index is 12.6. The second-order valence-electron chi connectivity index (χ2n) is 5.42. The van der Waals surface area contributed by atoms with Gasteiger partial charge in [-0.05, 0) is 30.4 Å². The molecule has 1 saturated heterocycles. The van der Waals surface area contributed by atoms with Crippen LogP contribution in [0.5, 0.6) is 0 Å². The molecule has 0 radical (unpaired) electrons. The van der Waals surface area contributed by atoms with Gasteiger partial charge in [0.1, 0.15) is 6.04 Å². The molecule has 1 aromatic rings. The lowest BCUT2D eigenvalue weighted by Crippen LogP contribution is -2.48. The molecule has 19 heavy (non-hydrogen) atoms. The van der Waals surface area contributed by atoms with Crippen molar-refractivity contribution in [2.24, 2.45) is 0 Å². The lowest BCUT2D eigenvalue weighted by molar-refractivity contribution is -0.136. The third-order valence-electron chi connectivity index (χ3n) is 4.06. The molecule has 102 valence electrons. The molecule has 4 heteroatoms. The summed E-state index contributed by atoms with van der Waals surface area (Å²) in [5, 5.41) is 13.0. The Hall–Kier alpha value is -1.39. The SMILES string of the molecule is O=C(C1NCCc2ccccc21)N1CCCC(O)C1. The smallest absolute Gasteiger partial charge is 0.244 e. The fourth-order valence-corrected chi connectivity index (χ4v) is 3.06. The number of likely N-dealkylation sites (tertiary alicyclic amines) is 1. The molecule has 2 N–H and O–H groups in total. The van der Waals surface area contributed by atoms with Crippen LogP contribution in [0.15, 0.2) is 24.3 Å². The van der Waals surface area contributed by atoms with Crippen molar-refractivity contribution in [1.29, 1.82) is 0 Å². The zero-order valence-corrected chi connectivity index (χ0v) is 11.0. The van der Waals surface area contributed by atoms with E-state index in [4.69, 9.17) is 0 Å². The maximum Gasteiger partial charge on any atom is 0.244 e. The molecule has 0 bridgehead atoms. The summed E-state index contributed by atoms with van der Waals surface area (Å²) in [6.07, 6.45) is 2.30. The fraction of sp³-hybridized carbons (Fsp3) is 0.533. The van der Waals surface area contributed by atoms with Gasteiger partial charge in [0, 0.05) is 19.6 Å². The van der Waals surface area contributed by atoms with Gasteiger partial charge in [0.2, 0.25) is 5.91 Å². The van der Waals surface area contributed by atoms with Gasteiger partial charge in [0.05, 0.1) is 6.10 Å². The Kier molecular flexibility index (Phi) is 3.53. The number of benzene rings is 1. The fourth-order valence-electron chi connectivity index (χ4n) is 3.06. The molecule has 3 rings (SSSR count). The minimum absolute atomic E-state index is 0.103. The number of carbonyl (C=O) groups is 1. The van der Waals surface area contributed by atoms with E-state index in [9.17, 15) is 9.90 Å². The van der Waals surface area contributed by atoms with E-state index in [-0.39, 0.29) is 18.1 Å². The van der Waals surface area contributed by atoms with Gasteiger partial charge in [-0.3, -0.25) is 4.79 Å². The maximum atomic E-state index is 12.6. The third kappa shape index (κ3) is 2.51. The Morgan fingerprint density at radius 3 is 3.05 bits per heavy atom. The topological polar surface area (TPSA) is 52.6 Å². The summed E-state index contributed by atoms with van der Waals surface area (Å²) in [4.78, 5) is 14.4. The first-order valence-corrected chi connectivity index (χ1v) is 7.04. The first kappa shape index (κ1) is 12.6. The first-order chi connectivity index (χ1) is 9.25. The summed E-state index contributed by atoms with van der Waals surface area (Å²) in [5.74, 6) is 0.103. The number of nitrogens with one attached hydrogen (secondary N) is 1. The van der Waals surface area contributed by atoms with Crippen LogP contribution in [0.1, 0.15) is 30.0 Å². The van der Waals surface area contributed by atoms with Crippen LogP contribution in [0.4, 0.5) is 0 Å². The second kappa shape index (κ2) is 5.31. The number of carbonyl (C=O) groups excluding carboxylic acids is 1. The molecular formula is C15H20N2O2. The molecule has 2 unspecified atom stereocenters. The second-order valence-corrected chi connectivity index (χ2v) is 5.42. The molecule has 4 nitrogen and oxygen atoms in total. The lowest BCUT2D eigenvalue weighted by atomic mass is 9.93. The van der Waals surface area contributed by atoms with Crippen LogP contribution in [0.2, 0.25) is 0 Å². The van der Waals surface area contributed by atoms with Crippen molar-refractivity contribution in [2.75, 3.05) is 19.6 Å². The number of hydrogen-bond acceptors (Lipinski definition) is 3. The average molecular weight is 260 g/mol. The van der Waals surface area contributed by atoms with E-state index < -0.39 is 0 Å². The van der Waals surface area contributed by atoms with Crippen molar-refractivity contribution >= 4 is 5.91 Å². The predicted molar refractivity (Wildman–Crippen MR) is 72.7 cm³/mol. The Labute approximate surface area is 113 Å².